The van der Waals surface area contributed by atoms with Crippen molar-refractivity contribution in [2.45, 2.75) is 18.9 Å². The second kappa shape index (κ2) is 5.17. The van der Waals surface area contributed by atoms with Crippen molar-refractivity contribution in [1.29, 1.82) is 0 Å². The molecule has 2 aromatic carbocycles. The van der Waals surface area contributed by atoms with Gasteiger partial charge >= 0.3 is 5.97 Å². The molecule has 1 aliphatic carbocycles. The molecule has 0 amide bonds. The zero-order valence-electron chi connectivity index (χ0n) is 10.8. The number of halogens is 1. The Hall–Kier alpha value is -2.00. The topological polar surface area (TPSA) is 49.3 Å². The Bertz CT molecular complexity index is 669. The molecule has 20 heavy (non-hydrogen) atoms. The van der Waals surface area contributed by atoms with Crippen LogP contribution in [-0.4, -0.2) is 17.1 Å². The number of fused-ring (bicyclic) bond motifs is 1. The van der Waals surface area contributed by atoms with Crippen molar-refractivity contribution in [3.63, 3.8) is 0 Å². The van der Waals surface area contributed by atoms with Crippen molar-refractivity contribution < 1.29 is 9.90 Å². The summed E-state index contributed by atoms with van der Waals surface area (Å²) in [7, 11) is 0. The van der Waals surface area contributed by atoms with Crippen molar-refractivity contribution in [3.8, 4) is 0 Å². The van der Waals surface area contributed by atoms with Crippen molar-refractivity contribution in [1.82, 2.24) is 0 Å². The normalized spacial score (nSPS) is 16.8. The van der Waals surface area contributed by atoms with Gasteiger partial charge in [-0.2, -0.15) is 0 Å². The summed E-state index contributed by atoms with van der Waals surface area (Å²) in [6, 6.07) is 13.1. The van der Waals surface area contributed by atoms with Crippen LogP contribution < -0.4 is 5.32 Å². The Kier molecular flexibility index (Phi) is 3.36. The third-order valence-corrected chi connectivity index (χ3v) is 3.85. The number of nitrogens with one attached hydrogen (secondary N) is 1. The maximum absolute atomic E-state index is 11.2. The van der Waals surface area contributed by atoms with E-state index in [-0.39, 0.29) is 6.04 Å². The number of carboxylic acid groups (broad SMARTS) is 1. The molecule has 0 heterocycles. The van der Waals surface area contributed by atoms with Crippen LogP contribution in [0, 0.1) is 0 Å². The van der Waals surface area contributed by atoms with Crippen LogP contribution in [0.2, 0.25) is 5.02 Å². The first-order valence-corrected chi connectivity index (χ1v) is 6.87. The van der Waals surface area contributed by atoms with E-state index < -0.39 is 5.97 Å². The van der Waals surface area contributed by atoms with Gasteiger partial charge < -0.3 is 10.4 Å². The van der Waals surface area contributed by atoms with Crippen molar-refractivity contribution in [2.24, 2.45) is 0 Å². The number of hydrogen-bond acceptors (Lipinski definition) is 2. The third kappa shape index (κ3) is 2.49. The molecule has 3 rings (SSSR count). The molecule has 0 spiro atoms. The zero-order valence-corrected chi connectivity index (χ0v) is 11.5. The minimum absolute atomic E-state index is 0.212. The first-order chi connectivity index (χ1) is 9.63. The average Bonchev–Trinajstić information content (AvgIpc) is 2.80. The number of carbonyl (C=O) groups is 1. The van der Waals surface area contributed by atoms with Crippen LogP contribution in [0.3, 0.4) is 0 Å². The Balaban J connectivity index is 1.80. The standard InChI is InChI=1S/C16H14ClNO2/c17-12-6-5-10-8-13(9-11(10)7-12)18-15-4-2-1-3-14(15)16(19)20/h1-7,13,18H,8-9H2,(H,19,20). The van der Waals surface area contributed by atoms with Crippen LogP contribution in [-0.2, 0) is 12.8 Å². The summed E-state index contributed by atoms with van der Waals surface area (Å²) in [5.74, 6) is -0.911. The molecule has 0 bridgehead atoms. The molecule has 1 unspecified atom stereocenters. The van der Waals surface area contributed by atoms with Crippen LogP contribution in [0.25, 0.3) is 0 Å². The Morgan fingerprint density at radius 3 is 2.70 bits per heavy atom. The van der Waals surface area contributed by atoms with Gasteiger partial charge in [0.05, 0.1) is 5.56 Å². The quantitative estimate of drug-likeness (QED) is 0.906. The lowest BCUT2D eigenvalue weighted by Crippen LogP contribution is -2.21. The SMILES string of the molecule is O=C(O)c1ccccc1NC1Cc2ccc(Cl)cc2C1. The molecular weight excluding hydrogens is 274 g/mol. The van der Waals surface area contributed by atoms with Crippen molar-refractivity contribution in [2.75, 3.05) is 5.32 Å². The molecule has 0 fully saturated rings. The van der Waals surface area contributed by atoms with E-state index in [2.05, 4.69) is 5.32 Å². The summed E-state index contributed by atoms with van der Waals surface area (Å²) in [5, 5.41) is 13.3. The van der Waals surface area contributed by atoms with Gasteiger partial charge in [-0.3, -0.25) is 0 Å². The highest BCUT2D eigenvalue weighted by Gasteiger charge is 2.22. The van der Waals surface area contributed by atoms with Crippen LogP contribution in [0.1, 0.15) is 21.5 Å². The number of aromatic carboxylic acids is 1. The van der Waals surface area contributed by atoms with Gasteiger partial charge in [0.15, 0.2) is 0 Å². The van der Waals surface area contributed by atoms with E-state index in [0.29, 0.717) is 11.3 Å². The summed E-state index contributed by atoms with van der Waals surface area (Å²) >= 11 is 6.00. The molecule has 1 aliphatic rings. The molecule has 3 nitrogen and oxygen atoms in total. The Morgan fingerprint density at radius 1 is 1.15 bits per heavy atom. The van der Waals surface area contributed by atoms with E-state index in [0.717, 1.165) is 17.9 Å². The van der Waals surface area contributed by atoms with E-state index in [9.17, 15) is 9.90 Å². The van der Waals surface area contributed by atoms with E-state index in [4.69, 9.17) is 11.6 Å². The Morgan fingerprint density at radius 2 is 1.90 bits per heavy atom. The zero-order chi connectivity index (χ0) is 14.1. The lowest BCUT2D eigenvalue weighted by atomic mass is 10.1. The highest BCUT2D eigenvalue weighted by atomic mass is 35.5. The number of benzene rings is 2. The van der Waals surface area contributed by atoms with E-state index in [1.165, 1.54) is 11.1 Å². The van der Waals surface area contributed by atoms with Crippen molar-refractivity contribution >= 4 is 23.3 Å². The van der Waals surface area contributed by atoms with Crippen LogP contribution in [0.5, 0.6) is 0 Å². The van der Waals surface area contributed by atoms with Crippen LogP contribution in [0.4, 0.5) is 5.69 Å². The third-order valence-electron chi connectivity index (χ3n) is 3.62. The molecule has 0 radical (unpaired) electrons. The fraction of sp³-hybridized carbons (Fsp3) is 0.188. The molecule has 102 valence electrons. The molecule has 0 aliphatic heterocycles. The van der Waals surface area contributed by atoms with Gasteiger partial charge in [0.2, 0.25) is 0 Å². The molecule has 2 N–H and O–H groups in total. The van der Waals surface area contributed by atoms with Gasteiger partial charge in [-0.05, 0) is 48.2 Å². The summed E-state index contributed by atoms with van der Waals surface area (Å²) in [6.07, 6.45) is 1.75. The summed E-state index contributed by atoms with van der Waals surface area (Å²) in [5.41, 5.74) is 3.49. The number of carboxylic acids is 1. The monoisotopic (exact) mass is 287 g/mol. The summed E-state index contributed by atoms with van der Waals surface area (Å²) in [4.78, 5) is 11.2. The summed E-state index contributed by atoms with van der Waals surface area (Å²) in [6.45, 7) is 0. The van der Waals surface area contributed by atoms with Gasteiger partial charge in [-0.25, -0.2) is 4.79 Å². The first kappa shape index (κ1) is 13.0. The molecule has 2 aromatic rings. The van der Waals surface area contributed by atoms with Gasteiger partial charge in [-0.1, -0.05) is 29.8 Å². The highest BCUT2D eigenvalue weighted by Crippen LogP contribution is 2.28. The van der Waals surface area contributed by atoms with Gasteiger partial charge in [0.1, 0.15) is 0 Å². The van der Waals surface area contributed by atoms with Crippen LogP contribution >= 0.6 is 11.6 Å². The number of rotatable bonds is 3. The second-order valence-electron chi connectivity index (χ2n) is 5.01. The lowest BCUT2D eigenvalue weighted by molar-refractivity contribution is 0.0698. The molecule has 0 aromatic heterocycles. The van der Waals surface area contributed by atoms with Gasteiger partial charge in [-0.15, -0.1) is 0 Å². The van der Waals surface area contributed by atoms with Crippen molar-refractivity contribution in [3.05, 3.63) is 64.2 Å². The van der Waals surface area contributed by atoms with Gasteiger partial charge in [0.25, 0.3) is 0 Å². The minimum atomic E-state index is -0.911. The number of anilines is 1. The van der Waals surface area contributed by atoms with E-state index >= 15 is 0 Å². The fourth-order valence-corrected chi connectivity index (χ4v) is 2.90. The van der Waals surface area contributed by atoms with Crippen LogP contribution in [0.15, 0.2) is 42.5 Å². The molecule has 4 heteroatoms. The molecular formula is C16H14ClNO2. The first-order valence-electron chi connectivity index (χ1n) is 6.49. The summed E-state index contributed by atoms with van der Waals surface area (Å²) < 4.78 is 0. The van der Waals surface area contributed by atoms with E-state index in [1.54, 1.807) is 18.2 Å². The highest BCUT2D eigenvalue weighted by molar-refractivity contribution is 6.30. The number of para-hydroxylation sites is 1. The molecule has 1 atom stereocenters. The largest absolute Gasteiger partial charge is 0.478 e. The molecule has 0 saturated heterocycles. The smallest absolute Gasteiger partial charge is 0.337 e. The predicted octanol–water partition coefficient (Wildman–Crippen LogP) is 3.62. The fourth-order valence-electron chi connectivity index (χ4n) is 2.70. The maximum atomic E-state index is 11.2. The predicted molar refractivity (Wildman–Crippen MR) is 79.7 cm³/mol. The second-order valence-corrected chi connectivity index (χ2v) is 5.45. The average molecular weight is 288 g/mol. The van der Waals surface area contributed by atoms with Gasteiger partial charge in [0, 0.05) is 16.8 Å². The number of hydrogen-bond donors (Lipinski definition) is 2. The molecule has 0 saturated carbocycles. The Labute approximate surface area is 122 Å². The lowest BCUT2D eigenvalue weighted by Gasteiger charge is -2.15. The van der Waals surface area contributed by atoms with E-state index in [1.807, 2.05) is 24.3 Å². The minimum Gasteiger partial charge on any atom is -0.478 e. The maximum Gasteiger partial charge on any atom is 0.337 e.